The van der Waals surface area contributed by atoms with Gasteiger partial charge in [0.15, 0.2) is 0 Å². The average Bonchev–Trinajstić information content (AvgIpc) is 2.68. The third kappa shape index (κ3) is 4.12. The Bertz CT molecular complexity index is 871. The Kier molecular flexibility index (Phi) is 5.70. The highest BCUT2D eigenvalue weighted by Gasteiger charge is 2.26. The summed E-state index contributed by atoms with van der Waals surface area (Å²) in [4.78, 5) is 12.4. The number of morpholine rings is 1. The zero-order chi connectivity index (χ0) is 18.6. The van der Waals surface area contributed by atoms with E-state index in [2.05, 4.69) is 0 Å². The number of rotatable bonds is 5. The second-order valence-electron chi connectivity index (χ2n) is 6.04. The van der Waals surface area contributed by atoms with Gasteiger partial charge >= 0.3 is 5.97 Å². The SMILES string of the molecule is Cc1ccccc1COC(=O)c1ccc(S(=O)(=O)N2CCOCC2)cc1. The van der Waals surface area contributed by atoms with Crippen molar-refractivity contribution in [3.8, 4) is 0 Å². The van der Waals surface area contributed by atoms with Gasteiger partial charge < -0.3 is 9.47 Å². The lowest BCUT2D eigenvalue weighted by Crippen LogP contribution is -2.40. The number of esters is 1. The molecule has 0 saturated carbocycles. The molecule has 3 rings (SSSR count). The first-order valence-corrected chi connectivity index (χ1v) is 9.82. The molecule has 0 spiro atoms. The zero-order valence-corrected chi connectivity index (χ0v) is 15.4. The molecule has 1 fully saturated rings. The highest BCUT2D eigenvalue weighted by molar-refractivity contribution is 7.89. The van der Waals surface area contributed by atoms with Crippen LogP contribution in [0.15, 0.2) is 53.4 Å². The summed E-state index contributed by atoms with van der Waals surface area (Å²) in [5.74, 6) is -0.483. The summed E-state index contributed by atoms with van der Waals surface area (Å²) in [6.07, 6.45) is 0. The molecule has 0 unspecified atom stereocenters. The Balaban J connectivity index is 1.67. The van der Waals surface area contributed by atoms with E-state index < -0.39 is 16.0 Å². The van der Waals surface area contributed by atoms with Crippen LogP contribution in [-0.2, 0) is 26.1 Å². The Labute approximate surface area is 153 Å². The molecule has 1 heterocycles. The normalized spacial score (nSPS) is 15.6. The predicted molar refractivity (Wildman–Crippen MR) is 96.3 cm³/mol. The topological polar surface area (TPSA) is 72.9 Å². The molecule has 2 aromatic rings. The molecular formula is C19H21NO5S. The molecule has 1 aliphatic rings. The van der Waals surface area contributed by atoms with Gasteiger partial charge in [0, 0.05) is 13.1 Å². The number of hydrogen-bond acceptors (Lipinski definition) is 5. The average molecular weight is 375 g/mol. The fourth-order valence-electron chi connectivity index (χ4n) is 2.70. The first-order valence-electron chi connectivity index (χ1n) is 8.38. The van der Waals surface area contributed by atoms with Crippen LogP contribution in [0.2, 0.25) is 0 Å². The third-order valence-corrected chi connectivity index (χ3v) is 6.23. The second-order valence-corrected chi connectivity index (χ2v) is 7.98. The molecule has 0 radical (unpaired) electrons. The van der Waals surface area contributed by atoms with E-state index in [-0.39, 0.29) is 11.5 Å². The van der Waals surface area contributed by atoms with Crippen LogP contribution in [0.4, 0.5) is 0 Å². The molecule has 138 valence electrons. The van der Waals surface area contributed by atoms with E-state index in [9.17, 15) is 13.2 Å². The molecule has 26 heavy (non-hydrogen) atoms. The first-order chi connectivity index (χ1) is 12.5. The molecule has 0 aliphatic carbocycles. The smallest absolute Gasteiger partial charge is 0.338 e. The van der Waals surface area contributed by atoms with Crippen molar-refractivity contribution in [2.75, 3.05) is 26.3 Å². The first kappa shape index (κ1) is 18.6. The highest BCUT2D eigenvalue weighted by Crippen LogP contribution is 2.18. The van der Waals surface area contributed by atoms with Crippen LogP contribution >= 0.6 is 0 Å². The minimum Gasteiger partial charge on any atom is -0.457 e. The van der Waals surface area contributed by atoms with E-state index in [1.807, 2.05) is 31.2 Å². The van der Waals surface area contributed by atoms with E-state index in [0.717, 1.165) is 11.1 Å². The van der Waals surface area contributed by atoms with E-state index in [4.69, 9.17) is 9.47 Å². The van der Waals surface area contributed by atoms with Crippen molar-refractivity contribution in [1.29, 1.82) is 0 Å². The van der Waals surface area contributed by atoms with E-state index >= 15 is 0 Å². The van der Waals surface area contributed by atoms with Gasteiger partial charge in [-0.15, -0.1) is 0 Å². The summed E-state index contributed by atoms with van der Waals surface area (Å²) in [6, 6.07) is 13.5. The summed E-state index contributed by atoms with van der Waals surface area (Å²) < 4.78 is 37.0. The van der Waals surface area contributed by atoms with Crippen LogP contribution in [-0.4, -0.2) is 45.0 Å². The van der Waals surface area contributed by atoms with Gasteiger partial charge in [-0.3, -0.25) is 0 Å². The third-order valence-electron chi connectivity index (χ3n) is 4.32. The van der Waals surface area contributed by atoms with Crippen LogP contribution in [0.5, 0.6) is 0 Å². The lowest BCUT2D eigenvalue weighted by atomic mass is 10.1. The van der Waals surface area contributed by atoms with Gasteiger partial charge in [0.05, 0.1) is 23.7 Å². The van der Waals surface area contributed by atoms with Crippen molar-refractivity contribution >= 4 is 16.0 Å². The Hall–Kier alpha value is -2.22. The van der Waals surface area contributed by atoms with Crippen molar-refractivity contribution in [3.05, 3.63) is 65.2 Å². The second kappa shape index (κ2) is 7.99. The van der Waals surface area contributed by atoms with Crippen molar-refractivity contribution in [1.82, 2.24) is 4.31 Å². The zero-order valence-electron chi connectivity index (χ0n) is 14.6. The molecule has 0 amide bonds. The molecule has 1 aliphatic heterocycles. The van der Waals surface area contributed by atoms with Gasteiger partial charge in [-0.25, -0.2) is 13.2 Å². The van der Waals surface area contributed by atoms with E-state index in [1.54, 1.807) is 0 Å². The van der Waals surface area contributed by atoms with Gasteiger partial charge in [0.1, 0.15) is 6.61 Å². The fourth-order valence-corrected chi connectivity index (χ4v) is 4.11. The van der Waals surface area contributed by atoms with Crippen LogP contribution in [0.25, 0.3) is 0 Å². The molecule has 0 atom stereocenters. The van der Waals surface area contributed by atoms with Crippen molar-refractivity contribution in [3.63, 3.8) is 0 Å². The van der Waals surface area contributed by atoms with Crippen LogP contribution in [0.3, 0.4) is 0 Å². The quantitative estimate of drug-likeness (QED) is 0.750. The molecule has 0 bridgehead atoms. The monoisotopic (exact) mass is 375 g/mol. The number of carbonyl (C=O) groups excluding carboxylic acids is 1. The van der Waals surface area contributed by atoms with Crippen molar-refractivity contribution in [2.45, 2.75) is 18.4 Å². The summed E-state index contributed by atoms with van der Waals surface area (Å²) in [6.45, 7) is 3.59. The number of benzene rings is 2. The van der Waals surface area contributed by atoms with Gasteiger partial charge in [0.25, 0.3) is 0 Å². The Morgan fingerprint density at radius 1 is 1.08 bits per heavy atom. The van der Waals surface area contributed by atoms with Gasteiger partial charge in [-0.05, 0) is 42.3 Å². The predicted octanol–water partition coefficient (Wildman–Crippen LogP) is 2.37. The molecule has 0 N–H and O–H groups in total. The minimum absolute atomic E-state index is 0.162. The number of hydrogen-bond donors (Lipinski definition) is 0. The Morgan fingerprint density at radius 2 is 1.73 bits per heavy atom. The standard InChI is InChI=1S/C19H21NO5S/c1-15-4-2-3-5-17(15)14-25-19(21)16-6-8-18(9-7-16)26(22,23)20-10-12-24-13-11-20/h2-9H,10-14H2,1H3. The summed E-state index contributed by atoms with van der Waals surface area (Å²) in [7, 11) is -3.56. The van der Waals surface area contributed by atoms with Gasteiger partial charge in [-0.1, -0.05) is 24.3 Å². The summed E-state index contributed by atoms with van der Waals surface area (Å²) in [5, 5.41) is 0. The minimum atomic E-state index is -3.56. The van der Waals surface area contributed by atoms with Gasteiger partial charge in [0.2, 0.25) is 10.0 Å². The molecular weight excluding hydrogens is 354 g/mol. The van der Waals surface area contributed by atoms with Crippen LogP contribution in [0.1, 0.15) is 21.5 Å². The van der Waals surface area contributed by atoms with E-state index in [0.29, 0.717) is 31.9 Å². The maximum atomic E-state index is 12.6. The van der Waals surface area contributed by atoms with Crippen molar-refractivity contribution < 1.29 is 22.7 Å². The fraction of sp³-hybridized carbons (Fsp3) is 0.316. The number of sulfonamides is 1. The number of carbonyl (C=O) groups is 1. The number of aryl methyl sites for hydroxylation is 1. The highest BCUT2D eigenvalue weighted by atomic mass is 32.2. The van der Waals surface area contributed by atoms with Crippen molar-refractivity contribution in [2.24, 2.45) is 0 Å². The molecule has 1 saturated heterocycles. The number of nitrogens with zero attached hydrogens (tertiary/aromatic N) is 1. The maximum absolute atomic E-state index is 12.6. The summed E-state index contributed by atoms with van der Waals surface area (Å²) >= 11 is 0. The lowest BCUT2D eigenvalue weighted by Gasteiger charge is -2.26. The molecule has 6 nitrogen and oxygen atoms in total. The molecule has 0 aromatic heterocycles. The largest absolute Gasteiger partial charge is 0.457 e. The number of ether oxygens (including phenoxy) is 2. The van der Waals surface area contributed by atoms with E-state index in [1.165, 1.54) is 28.6 Å². The van der Waals surface area contributed by atoms with Crippen LogP contribution in [0, 0.1) is 6.92 Å². The maximum Gasteiger partial charge on any atom is 0.338 e. The molecule has 2 aromatic carbocycles. The summed E-state index contributed by atoms with van der Waals surface area (Å²) in [5.41, 5.74) is 2.30. The van der Waals surface area contributed by atoms with Gasteiger partial charge in [-0.2, -0.15) is 4.31 Å². The Morgan fingerprint density at radius 3 is 2.38 bits per heavy atom. The lowest BCUT2D eigenvalue weighted by molar-refractivity contribution is 0.0472. The van der Waals surface area contributed by atoms with Crippen LogP contribution < -0.4 is 0 Å². The molecule has 7 heteroatoms.